The number of para-hydroxylation sites is 1. The van der Waals surface area contributed by atoms with Crippen molar-refractivity contribution in [3.8, 4) is 0 Å². The maximum absolute atomic E-state index is 12.3. The fourth-order valence-corrected chi connectivity index (χ4v) is 3.24. The van der Waals surface area contributed by atoms with E-state index in [0.717, 1.165) is 0 Å². The molecule has 3 heterocycles. The molecule has 0 aliphatic rings. The van der Waals surface area contributed by atoms with Crippen LogP contribution in [0.5, 0.6) is 0 Å². The monoisotopic (exact) mass is 393 g/mol. The van der Waals surface area contributed by atoms with Gasteiger partial charge >= 0.3 is 0 Å². The van der Waals surface area contributed by atoms with Crippen LogP contribution in [-0.2, 0) is 12.3 Å². The minimum Gasteiger partial charge on any atom is -0.455 e. The number of furan rings is 1. The summed E-state index contributed by atoms with van der Waals surface area (Å²) in [4.78, 5) is 39.6. The Morgan fingerprint density at radius 1 is 1.11 bits per heavy atom. The molecule has 2 N–H and O–H groups in total. The molecule has 0 radical (unpaired) electrons. The first-order valence-electron chi connectivity index (χ1n) is 8.44. The highest BCUT2D eigenvalue weighted by molar-refractivity contribution is 7.98. The molecule has 4 rings (SSSR count). The van der Waals surface area contributed by atoms with Crippen LogP contribution in [0.3, 0.4) is 0 Å². The summed E-state index contributed by atoms with van der Waals surface area (Å²) in [5.74, 6) is 1.33. The lowest BCUT2D eigenvalue weighted by atomic mass is 10.2. The van der Waals surface area contributed by atoms with Crippen LogP contribution in [0.4, 0.5) is 0 Å². The third kappa shape index (κ3) is 4.09. The Morgan fingerprint density at radius 2 is 1.93 bits per heavy atom. The van der Waals surface area contributed by atoms with Gasteiger partial charge in [0.2, 0.25) is 0 Å². The number of carbonyl (C=O) groups excluding carboxylic acids is 1. The Kier molecular flexibility index (Phi) is 5.16. The summed E-state index contributed by atoms with van der Waals surface area (Å²) in [5, 5.41) is 3.84. The minimum absolute atomic E-state index is 0.0849. The lowest BCUT2D eigenvalue weighted by Gasteiger charge is -2.04. The normalized spacial score (nSPS) is 10.9. The van der Waals surface area contributed by atoms with E-state index in [1.165, 1.54) is 11.8 Å². The highest BCUT2D eigenvalue weighted by Crippen LogP contribution is 2.20. The van der Waals surface area contributed by atoms with E-state index in [4.69, 9.17) is 4.42 Å². The van der Waals surface area contributed by atoms with Crippen LogP contribution in [0, 0.1) is 0 Å². The zero-order valence-electron chi connectivity index (χ0n) is 14.6. The molecule has 1 aromatic carbocycles. The molecule has 4 aromatic rings. The van der Waals surface area contributed by atoms with E-state index in [2.05, 4.69) is 25.3 Å². The van der Waals surface area contributed by atoms with Gasteiger partial charge in [-0.25, -0.2) is 15.0 Å². The molecule has 0 aliphatic carbocycles. The number of aromatic amines is 1. The number of benzene rings is 1. The predicted octanol–water partition coefficient (Wildman–Crippen LogP) is 2.53. The van der Waals surface area contributed by atoms with Gasteiger partial charge in [-0.15, -0.1) is 0 Å². The summed E-state index contributed by atoms with van der Waals surface area (Å²) >= 11 is 1.41. The van der Waals surface area contributed by atoms with E-state index in [1.54, 1.807) is 54.9 Å². The van der Waals surface area contributed by atoms with Crippen LogP contribution in [0.2, 0.25) is 0 Å². The number of amides is 1. The molecule has 8 nitrogen and oxygen atoms in total. The van der Waals surface area contributed by atoms with Gasteiger partial charge in [0, 0.05) is 12.4 Å². The Morgan fingerprint density at radius 3 is 2.79 bits per heavy atom. The topological polar surface area (TPSA) is 114 Å². The number of H-pyrrole nitrogens is 1. The number of nitrogens with zero attached hydrogens (tertiary/aromatic N) is 3. The summed E-state index contributed by atoms with van der Waals surface area (Å²) in [6.07, 6.45) is 3.34. The van der Waals surface area contributed by atoms with E-state index in [-0.39, 0.29) is 23.8 Å². The first-order valence-corrected chi connectivity index (χ1v) is 9.42. The SMILES string of the molecule is O=C(NCc1nc2ccccc2c(=O)[nH]1)c1ccc(CSc2ncccn2)o1. The second kappa shape index (κ2) is 8.05. The van der Waals surface area contributed by atoms with Crippen molar-refractivity contribution >= 4 is 28.6 Å². The van der Waals surface area contributed by atoms with Crippen LogP contribution in [-0.4, -0.2) is 25.8 Å². The molecule has 1 amide bonds. The van der Waals surface area contributed by atoms with Gasteiger partial charge in [0.25, 0.3) is 11.5 Å². The van der Waals surface area contributed by atoms with Crippen molar-refractivity contribution in [2.75, 3.05) is 0 Å². The number of aromatic nitrogens is 4. The molecule has 0 saturated heterocycles. The average molecular weight is 393 g/mol. The van der Waals surface area contributed by atoms with Crippen molar-refractivity contribution in [3.05, 3.63) is 82.6 Å². The van der Waals surface area contributed by atoms with Crippen molar-refractivity contribution < 1.29 is 9.21 Å². The second-order valence-electron chi connectivity index (χ2n) is 5.80. The Balaban J connectivity index is 1.38. The molecule has 140 valence electrons. The Hall–Kier alpha value is -3.46. The van der Waals surface area contributed by atoms with E-state index in [9.17, 15) is 9.59 Å². The van der Waals surface area contributed by atoms with Crippen LogP contribution in [0.15, 0.2) is 69.2 Å². The van der Waals surface area contributed by atoms with Crippen LogP contribution < -0.4 is 10.9 Å². The lowest BCUT2D eigenvalue weighted by molar-refractivity contribution is 0.0920. The zero-order valence-corrected chi connectivity index (χ0v) is 15.4. The third-order valence-electron chi connectivity index (χ3n) is 3.85. The standard InChI is InChI=1S/C19H15N5O3S/c25-17-13-4-1-2-5-14(13)23-16(24-17)10-22-18(26)15-7-6-12(27-15)11-28-19-20-8-3-9-21-19/h1-9H,10-11H2,(H,22,26)(H,23,24,25). The lowest BCUT2D eigenvalue weighted by Crippen LogP contribution is -2.25. The average Bonchev–Trinajstić information content (AvgIpc) is 3.20. The van der Waals surface area contributed by atoms with Crippen molar-refractivity contribution in [3.63, 3.8) is 0 Å². The Labute approximate surface area is 163 Å². The minimum atomic E-state index is -0.386. The van der Waals surface area contributed by atoms with Crippen molar-refractivity contribution in [2.24, 2.45) is 0 Å². The number of fused-ring (bicyclic) bond motifs is 1. The molecule has 28 heavy (non-hydrogen) atoms. The number of hydrogen-bond donors (Lipinski definition) is 2. The van der Waals surface area contributed by atoms with Crippen molar-refractivity contribution in [2.45, 2.75) is 17.5 Å². The first kappa shape index (κ1) is 17.9. The maximum Gasteiger partial charge on any atom is 0.287 e. The highest BCUT2D eigenvalue weighted by Gasteiger charge is 2.12. The Bertz CT molecular complexity index is 1170. The van der Waals surface area contributed by atoms with Gasteiger partial charge in [-0.2, -0.15) is 0 Å². The fourth-order valence-electron chi connectivity index (χ4n) is 2.54. The number of nitrogens with one attached hydrogen (secondary N) is 2. The summed E-state index contributed by atoms with van der Waals surface area (Å²) in [7, 11) is 0. The van der Waals surface area contributed by atoms with Crippen molar-refractivity contribution in [1.29, 1.82) is 0 Å². The van der Waals surface area contributed by atoms with Gasteiger partial charge in [0.05, 0.1) is 23.2 Å². The summed E-state index contributed by atoms with van der Waals surface area (Å²) in [5.41, 5.74) is 0.339. The number of carbonyl (C=O) groups is 1. The number of thioether (sulfide) groups is 1. The van der Waals surface area contributed by atoms with Crippen LogP contribution in [0.1, 0.15) is 22.1 Å². The fraction of sp³-hybridized carbons (Fsp3) is 0.105. The number of rotatable bonds is 6. The highest BCUT2D eigenvalue weighted by atomic mass is 32.2. The van der Waals surface area contributed by atoms with Gasteiger partial charge in [-0.3, -0.25) is 9.59 Å². The summed E-state index contributed by atoms with van der Waals surface area (Å²) in [6.45, 7) is 0.0849. The molecule has 9 heteroatoms. The van der Waals surface area contributed by atoms with Gasteiger partial charge in [0.1, 0.15) is 11.6 Å². The summed E-state index contributed by atoms with van der Waals surface area (Å²) < 4.78 is 5.57. The molecule has 0 unspecified atom stereocenters. The van der Waals surface area contributed by atoms with Gasteiger partial charge in [-0.1, -0.05) is 23.9 Å². The van der Waals surface area contributed by atoms with Crippen LogP contribution in [0.25, 0.3) is 10.9 Å². The molecule has 0 spiro atoms. The molecule has 0 bridgehead atoms. The van der Waals surface area contributed by atoms with Gasteiger partial charge < -0.3 is 14.7 Å². The molecule has 0 saturated carbocycles. The van der Waals surface area contributed by atoms with Crippen LogP contribution >= 0.6 is 11.8 Å². The number of hydrogen-bond acceptors (Lipinski definition) is 7. The molecular formula is C19H15N5O3S. The van der Waals surface area contributed by atoms with E-state index < -0.39 is 0 Å². The molecule has 3 aromatic heterocycles. The molecule has 0 aliphatic heterocycles. The first-order chi connectivity index (χ1) is 13.7. The largest absolute Gasteiger partial charge is 0.455 e. The van der Waals surface area contributed by atoms with Gasteiger partial charge in [0.15, 0.2) is 10.9 Å². The third-order valence-corrected chi connectivity index (χ3v) is 4.75. The zero-order chi connectivity index (χ0) is 19.3. The second-order valence-corrected chi connectivity index (χ2v) is 6.74. The molecule has 0 fully saturated rings. The smallest absolute Gasteiger partial charge is 0.287 e. The van der Waals surface area contributed by atoms with Gasteiger partial charge in [-0.05, 0) is 30.3 Å². The summed E-state index contributed by atoms with van der Waals surface area (Å²) in [6, 6.07) is 12.1. The predicted molar refractivity (Wildman–Crippen MR) is 104 cm³/mol. The quantitative estimate of drug-likeness (QED) is 0.382. The molecular weight excluding hydrogens is 378 g/mol. The molecule has 0 atom stereocenters. The maximum atomic E-state index is 12.3. The van der Waals surface area contributed by atoms with Crippen molar-refractivity contribution in [1.82, 2.24) is 25.3 Å². The van der Waals surface area contributed by atoms with E-state index >= 15 is 0 Å². The van der Waals surface area contributed by atoms with E-state index in [0.29, 0.717) is 33.4 Å². The van der Waals surface area contributed by atoms with E-state index in [1.807, 2.05) is 0 Å².